The molecule has 4 amide bonds. The third kappa shape index (κ3) is 6.27. The molecular weight excluding hydrogens is 668 g/mol. The monoisotopic (exact) mass is 712 g/mol. The summed E-state index contributed by atoms with van der Waals surface area (Å²) in [5, 5.41) is 29.5. The van der Waals surface area contributed by atoms with E-state index in [1.165, 1.54) is 31.7 Å². The molecule has 7 atom stereocenters. The molecule has 2 bridgehead atoms. The van der Waals surface area contributed by atoms with Gasteiger partial charge < -0.3 is 40.8 Å². The van der Waals surface area contributed by atoms with Crippen LogP contribution in [0.15, 0.2) is 54.6 Å². The SMILES string of the molecule is CCOc1ccc(NC(=O)Oc2cc(OC)c(-c3cc(CC(N)=O)ccc3O)c(C(NC(=O)CCO)C(=O)NC3C4CC5CC6CC3C56C4)c2)cc1. The number of anilines is 1. The van der Waals surface area contributed by atoms with Crippen molar-refractivity contribution >= 4 is 29.5 Å². The molecule has 7 N–H and O–H groups in total. The number of aliphatic hydroxyl groups excluding tert-OH is 1. The number of phenolic OH excluding ortho intramolecular Hbond substituents is 1. The highest BCUT2D eigenvalue weighted by Crippen LogP contribution is 2.81. The number of nitrogens with one attached hydrogen (secondary N) is 3. The van der Waals surface area contributed by atoms with Crippen molar-refractivity contribution in [1.29, 1.82) is 0 Å². The minimum Gasteiger partial charge on any atom is -0.507 e. The zero-order valence-electron chi connectivity index (χ0n) is 29.1. The van der Waals surface area contributed by atoms with Crippen molar-refractivity contribution < 1.29 is 43.6 Å². The third-order valence-electron chi connectivity index (χ3n) is 11.6. The standard InChI is InChI=1S/C39H44N4O9/c1-3-51-25-7-5-24(6-8-25)41-38(49)52-26-17-28(34(31(18-26)50-2)27-12-20(13-32(40)46)4-9-30(27)45)36(42-33(47)10-11-44)37(48)43-35-21-14-22-15-23-16-29(35)39(22,23)19-21/h4-9,12,17-18,21-23,29,35-36,44-45H,3,10-11,13-16,19H2,1-2H3,(H2,40,46)(H,41,49)(H,42,47)(H,43,48). The van der Waals surface area contributed by atoms with Gasteiger partial charge in [-0.2, -0.15) is 0 Å². The first-order chi connectivity index (χ1) is 25.0. The van der Waals surface area contributed by atoms with Crippen LogP contribution in [0.4, 0.5) is 10.5 Å². The van der Waals surface area contributed by atoms with Crippen molar-refractivity contribution in [2.24, 2.45) is 34.8 Å². The number of nitrogens with two attached hydrogens (primary N) is 1. The molecule has 13 nitrogen and oxygen atoms in total. The van der Waals surface area contributed by atoms with E-state index in [0.717, 1.165) is 31.1 Å². The van der Waals surface area contributed by atoms with Crippen molar-refractivity contribution in [2.75, 3.05) is 25.6 Å². The number of carbonyl (C=O) groups is 4. The van der Waals surface area contributed by atoms with Crippen molar-refractivity contribution in [1.82, 2.24) is 10.6 Å². The van der Waals surface area contributed by atoms with E-state index in [4.69, 9.17) is 19.9 Å². The van der Waals surface area contributed by atoms with Gasteiger partial charge in [-0.05, 0) is 115 Å². The van der Waals surface area contributed by atoms with Crippen LogP contribution in [0, 0.1) is 29.1 Å². The largest absolute Gasteiger partial charge is 0.507 e. The third-order valence-corrected chi connectivity index (χ3v) is 11.6. The summed E-state index contributed by atoms with van der Waals surface area (Å²) in [5.74, 6) is 1.07. The molecule has 13 heteroatoms. The minimum absolute atomic E-state index is 0.0148. The summed E-state index contributed by atoms with van der Waals surface area (Å²) in [7, 11) is 1.38. The number of amides is 4. The molecule has 0 saturated heterocycles. The van der Waals surface area contributed by atoms with Crippen LogP contribution in [0.1, 0.15) is 56.2 Å². The molecule has 7 rings (SSSR count). The Bertz CT molecular complexity index is 1900. The van der Waals surface area contributed by atoms with E-state index >= 15 is 0 Å². The predicted octanol–water partition coefficient (Wildman–Crippen LogP) is 4.20. The van der Waals surface area contributed by atoms with Crippen LogP contribution in [0.5, 0.6) is 23.0 Å². The number of phenols is 1. The molecule has 1 spiro atoms. The first-order valence-electron chi connectivity index (χ1n) is 17.8. The summed E-state index contributed by atoms with van der Waals surface area (Å²) in [5.41, 5.74) is 7.32. The van der Waals surface area contributed by atoms with Gasteiger partial charge in [-0.25, -0.2) is 4.79 Å². The fourth-order valence-electron chi connectivity index (χ4n) is 9.61. The Morgan fingerprint density at radius 3 is 2.44 bits per heavy atom. The van der Waals surface area contributed by atoms with Crippen molar-refractivity contribution in [3.63, 3.8) is 0 Å². The molecule has 0 radical (unpaired) electrons. The summed E-state index contributed by atoms with van der Waals surface area (Å²) < 4.78 is 17.0. The number of methoxy groups -OCH3 is 1. The molecule has 3 aromatic carbocycles. The molecule has 0 aromatic heterocycles. The number of carbonyl (C=O) groups excluding carboxylic acids is 4. The molecule has 0 heterocycles. The molecule has 3 aromatic rings. The van der Waals surface area contributed by atoms with E-state index in [2.05, 4.69) is 16.0 Å². The van der Waals surface area contributed by atoms with Gasteiger partial charge in [0.2, 0.25) is 17.7 Å². The normalized spacial score (nSPS) is 25.1. The number of hydrogen-bond acceptors (Lipinski definition) is 9. The van der Waals surface area contributed by atoms with Gasteiger partial charge in [0.25, 0.3) is 0 Å². The molecule has 52 heavy (non-hydrogen) atoms. The Morgan fingerprint density at radius 2 is 1.77 bits per heavy atom. The first-order valence-corrected chi connectivity index (χ1v) is 17.8. The Hall–Kier alpha value is -5.30. The average molecular weight is 713 g/mol. The second kappa shape index (κ2) is 14.0. The number of hydrogen-bond donors (Lipinski definition) is 6. The quantitative estimate of drug-likeness (QED) is 0.142. The zero-order valence-corrected chi connectivity index (χ0v) is 29.1. The summed E-state index contributed by atoms with van der Waals surface area (Å²) >= 11 is 0. The van der Waals surface area contributed by atoms with E-state index < -0.39 is 36.5 Å². The van der Waals surface area contributed by atoms with Gasteiger partial charge >= 0.3 is 6.09 Å². The molecule has 4 aliphatic rings. The maximum absolute atomic E-state index is 14.5. The zero-order chi connectivity index (χ0) is 36.7. The van der Waals surface area contributed by atoms with Crippen LogP contribution in [-0.2, 0) is 20.8 Å². The Balaban J connectivity index is 1.27. The molecule has 274 valence electrons. The topological polar surface area (TPSA) is 199 Å². The van der Waals surface area contributed by atoms with Crippen LogP contribution in [-0.4, -0.2) is 60.4 Å². The van der Waals surface area contributed by atoms with Crippen molar-refractivity contribution in [2.45, 2.75) is 57.5 Å². The van der Waals surface area contributed by atoms with E-state index in [1.807, 2.05) is 6.92 Å². The Labute approximate surface area is 301 Å². The lowest BCUT2D eigenvalue weighted by Gasteiger charge is -2.67. The van der Waals surface area contributed by atoms with Gasteiger partial charge in [0, 0.05) is 35.3 Å². The maximum Gasteiger partial charge on any atom is 0.417 e. The number of aliphatic hydroxyl groups is 1. The molecular formula is C39H44N4O9. The highest BCUT2D eigenvalue weighted by atomic mass is 16.6. The lowest BCUT2D eigenvalue weighted by Crippen LogP contribution is -2.65. The van der Waals surface area contributed by atoms with Gasteiger partial charge in [0.05, 0.1) is 26.7 Å². The number of ether oxygens (including phenoxy) is 3. The van der Waals surface area contributed by atoms with Crippen LogP contribution < -0.4 is 35.9 Å². The first kappa shape index (κ1) is 35.1. The average Bonchev–Trinajstić information content (AvgIpc) is 3.60. The van der Waals surface area contributed by atoms with Gasteiger partial charge in [-0.1, -0.05) is 6.07 Å². The lowest BCUT2D eigenvalue weighted by atomic mass is 9.38. The molecule has 0 aliphatic heterocycles. The maximum atomic E-state index is 14.5. The number of fused-ring (bicyclic) bond motifs is 1. The van der Waals surface area contributed by atoms with Gasteiger partial charge in [0.1, 0.15) is 29.0 Å². The van der Waals surface area contributed by atoms with Crippen LogP contribution in [0.3, 0.4) is 0 Å². The summed E-state index contributed by atoms with van der Waals surface area (Å²) in [6.45, 7) is 1.91. The van der Waals surface area contributed by atoms with Gasteiger partial charge in [-0.15, -0.1) is 0 Å². The number of benzene rings is 3. The highest BCUT2D eigenvalue weighted by molar-refractivity contribution is 5.94. The highest BCUT2D eigenvalue weighted by Gasteiger charge is 2.76. The molecule has 4 saturated carbocycles. The fourth-order valence-corrected chi connectivity index (χ4v) is 9.61. The van der Waals surface area contributed by atoms with E-state index in [9.17, 15) is 29.4 Å². The minimum atomic E-state index is -1.36. The predicted molar refractivity (Wildman–Crippen MR) is 190 cm³/mol. The summed E-state index contributed by atoms with van der Waals surface area (Å²) in [6.07, 6.45) is 3.30. The fraction of sp³-hybridized carbons (Fsp3) is 0.436. The number of rotatable bonds is 14. The van der Waals surface area contributed by atoms with Crippen LogP contribution >= 0.6 is 0 Å². The van der Waals surface area contributed by atoms with Crippen molar-refractivity contribution in [3.8, 4) is 34.1 Å². The Kier molecular flexibility index (Phi) is 9.47. The molecule has 7 unspecified atom stereocenters. The van der Waals surface area contributed by atoms with Crippen LogP contribution in [0.2, 0.25) is 0 Å². The summed E-state index contributed by atoms with van der Waals surface area (Å²) in [6, 6.07) is 12.7. The second-order valence-electron chi connectivity index (χ2n) is 14.3. The van der Waals surface area contributed by atoms with Crippen LogP contribution in [0.25, 0.3) is 11.1 Å². The second-order valence-corrected chi connectivity index (χ2v) is 14.3. The molecule has 4 fully saturated rings. The smallest absolute Gasteiger partial charge is 0.417 e. The summed E-state index contributed by atoms with van der Waals surface area (Å²) in [4.78, 5) is 52.7. The number of primary amides is 1. The van der Waals surface area contributed by atoms with E-state index in [1.54, 1.807) is 36.4 Å². The van der Waals surface area contributed by atoms with Gasteiger partial charge in [-0.3, -0.25) is 19.7 Å². The van der Waals surface area contributed by atoms with E-state index in [0.29, 0.717) is 40.9 Å². The number of aromatic hydroxyl groups is 1. The van der Waals surface area contributed by atoms with E-state index in [-0.39, 0.29) is 52.8 Å². The lowest BCUT2D eigenvalue weighted by molar-refractivity contribution is -0.184. The van der Waals surface area contributed by atoms with Crippen molar-refractivity contribution in [3.05, 3.63) is 65.7 Å². The Morgan fingerprint density at radius 1 is 1.00 bits per heavy atom. The molecule has 4 aliphatic carbocycles. The van der Waals surface area contributed by atoms with Gasteiger partial charge in [0.15, 0.2) is 0 Å².